The van der Waals surface area contributed by atoms with E-state index in [4.69, 9.17) is 5.73 Å². The molecule has 0 aromatic rings. The summed E-state index contributed by atoms with van der Waals surface area (Å²) in [4.78, 5) is 0. The van der Waals surface area contributed by atoms with E-state index in [0.717, 1.165) is 0 Å². The Balaban J connectivity index is 2.16. The monoisotopic (exact) mass is 86.1 g/mol. The van der Waals surface area contributed by atoms with Crippen LogP contribution >= 0.6 is 0 Å². The highest BCUT2D eigenvalue weighted by Crippen LogP contribution is 2.07. The molecule has 2 N–H and O–H groups in total. The Kier molecular flexibility index (Phi) is 0.537. The zero-order chi connectivity index (χ0) is 4.57. The van der Waals surface area contributed by atoms with Crippen LogP contribution in [0.5, 0.6) is 0 Å². The molecular weight excluding hydrogens is 80.0 g/mol. The molecule has 6 heavy (non-hydrogen) atoms. The maximum Gasteiger partial charge on any atom is 0.120 e. The second kappa shape index (κ2) is 0.909. The van der Waals surface area contributed by atoms with Crippen molar-refractivity contribution < 1.29 is 0 Å². The quantitative estimate of drug-likeness (QED) is 0.484. The molecule has 4 nitrogen and oxygen atoms in total. The molecule has 1 atom stereocenters. The van der Waals surface area contributed by atoms with Crippen LogP contribution in [0.15, 0.2) is 10.4 Å². The van der Waals surface area contributed by atoms with Crippen molar-refractivity contribution in [1.29, 1.82) is 0 Å². The van der Waals surface area contributed by atoms with E-state index in [1.54, 1.807) is 0 Å². The van der Waals surface area contributed by atoms with Gasteiger partial charge in [0, 0.05) is 0 Å². The van der Waals surface area contributed by atoms with E-state index in [9.17, 15) is 0 Å². The molecule has 1 rings (SSSR count). The van der Waals surface area contributed by atoms with E-state index >= 15 is 0 Å². The first kappa shape index (κ1) is 3.55. The van der Waals surface area contributed by atoms with Gasteiger partial charge in [-0.3, -0.25) is 0 Å². The Morgan fingerprint density at radius 3 is 2.17 bits per heavy atom. The van der Waals surface area contributed by atoms with Gasteiger partial charge in [-0.05, 0) is 17.4 Å². The number of rotatable bonds is 1. The van der Waals surface area contributed by atoms with Gasteiger partial charge >= 0.3 is 0 Å². The van der Waals surface area contributed by atoms with Crippen LogP contribution in [0.1, 0.15) is 6.92 Å². The topological polar surface area (TPSA) is 53.8 Å². The molecule has 1 heterocycles. The van der Waals surface area contributed by atoms with Gasteiger partial charge in [-0.15, -0.1) is 5.12 Å². The highest BCUT2D eigenvalue weighted by atomic mass is 15.9. The van der Waals surface area contributed by atoms with Gasteiger partial charge < -0.3 is 5.73 Å². The van der Waals surface area contributed by atoms with Gasteiger partial charge in [0.1, 0.15) is 6.17 Å². The second-order valence-corrected chi connectivity index (χ2v) is 1.24. The summed E-state index contributed by atoms with van der Waals surface area (Å²) >= 11 is 0. The van der Waals surface area contributed by atoms with E-state index in [0.29, 0.717) is 0 Å². The molecule has 0 saturated carbocycles. The molecular formula is C2H6N4. The predicted molar refractivity (Wildman–Crippen MR) is 20.3 cm³/mol. The van der Waals surface area contributed by atoms with Crippen LogP contribution < -0.4 is 5.73 Å². The Labute approximate surface area is 35.6 Å². The average molecular weight is 86.1 g/mol. The van der Waals surface area contributed by atoms with Crippen LogP contribution in [-0.2, 0) is 0 Å². The molecule has 1 aliphatic heterocycles. The summed E-state index contributed by atoms with van der Waals surface area (Å²) in [5.74, 6) is 0. The number of hydrogen-bond donors (Lipinski definition) is 1. The first-order valence-electron chi connectivity index (χ1n) is 1.77. The van der Waals surface area contributed by atoms with E-state index in [-0.39, 0.29) is 6.17 Å². The highest BCUT2D eigenvalue weighted by molar-refractivity contribution is 4.51. The third-order valence-corrected chi connectivity index (χ3v) is 0.557. The number of nitrogens with two attached hydrogens (primary N) is 1. The maximum absolute atomic E-state index is 5.24. The summed E-state index contributed by atoms with van der Waals surface area (Å²) in [7, 11) is 0. The van der Waals surface area contributed by atoms with Crippen LogP contribution in [-0.4, -0.2) is 11.3 Å². The fourth-order valence-corrected chi connectivity index (χ4v) is 0.186. The van der Waals surface area contributed by atoms with Gasteiger partial charge in [-0.2, -0.15) is 0 Å². The van der Waals surface area contributed by atoms with E-state index < -0.39 is 0 Å². The molecule has 0 amide bonds. The average Bonchev–Trinajstić information content (AvgIpc) is 2.06. The van der Waals surface area contributed by atoms with Crippen molar-refractivity contribution >= 4 is 0 Å². The lowest BCUT2D eigenvalue weighted by molar-refractivity contribution is 0.377. The third kappa shape index (κ3) is 0.463. The first-order chi connectivity index (χ1) is 2.80. The lowest BCUT2D eigenvalue weighted by Crippen LogP contribution is -2.23. The van der Waals surface area contributed by atoms with Crippen molar-refractivity contribution in [2.75, 3.05) is 0 Å². The minimum Gasteiger partial charge on any atom is -0.308 e. The lowest BCUT2D eigenvalue weighted by atomic mass is 10.6. The van der Waals surface area contributed by atoms with Crippen molar-refractivity contribution in [1.82, 2.24) is 5.12 Å². The Hall–Kier alpha value is -0.640. The van der Waals surface area contributed by atoms with Crippen molar-refractivity contribution in [3.63, 3.8) is 0 Å². The Morgan fingerprint density at radius 2 is 2.17 bits per heavy atom. The summed E-state index contributed by atoms with van der Waals surface area (Å²) in [6, 6.07) is 0. The molecule has 0 aliphatic carbocycles. The molecule has 0 radical (unpaired) electrons. The molecule has 0 bridgehead atoms. The summed E-state index contributed by atoms with van der Waals surface area (Å²) in [6.07, 6.45) is -0.0370. The van der Waals surface area contributed by atoms with Crippen LogP contribution in [0.25, 0.3) is 0 Å². The van der Waals surface area contributed by atoms with Gasteiger partial charge in [0.25, 0.3) is 0 Å². The molecule has 34 valence electrons. The number of nitrogens with zero attached hydrogens (tertiary/aromatic N) is 3. The summed E-state index contributed by atoms with van der Waals surface area (Å²) in [6.45, 7) is 1.82. The minimum absolute atomic E-state index is 0.0370. The zero-order valence-electron chi connectivity index (χ0n) is 3.50. The lowest BCUT2D eigenvalue weighted by Gasteiger charge is -1.95. The van der Waals surface area contributed by atoms with Crippen molar-refractivity contribution in [3.05, 3.63) is 0 Å². The summed E-state index contributed by atoms with van der Waals surface area (Å²) in [5, 5.41) is 8.31. The molecule has 0 aromatic carbocycles. The van der Waals surface area contributed by atoms with E-state index in [2.05, 4.69) is 10.4 Å². The molecule has 0 spiro atoms. The van der Waals surface area contributed by atoms with Crippen LogP contribution in [0.2, 0.25) is 0 Å². The van der Waals surface area contributed by atoms with Gasteiger partial charge in [-0.1, -0.05) is 0 Å². The fraction of sp³-hybridized carbons (Fsp3) is 1.00. The van der Waals surface area contributed by atoms with E-state index in [1.807, 2.05) is 6.92 Å². The SMILES string of the molecule is CC(N)N1N=N1. The van der Waals surface area contributed by atoms with Gasteiger partial charge in [0.05, 0.1) is 0 Å². The van der Waals surface area contributed by atoms with Crippen molar-refractivity contribution in [2.45, 2.75) is 13.1 Å². The van der Waals surface area contributed by atoms with Crippen molar-refractivity contribution in [3.8, 4) is 0 Å². The first-order valence-corrected chi connectivity index (χ1v) is 1.77. The van der Waals surface area contributed by atoms with Gasteiger partial charge in [0.15, 0.2) is 0 Å². The summed E-state index contributed by atoms with van der Waals surface area (Å²) < 4.78 is 0. The maximum atomic E-state index is 5.24. The number of hydrogen-bond acceptors (Lipinski definition) is 4. The molecule has 0 saturated heterocycles. The molecule has 0 aromatic heterocycles. The smallest absolute Gasteiger partial charge is 0.120 e. The van der Waals surface area contributed by atoms with Crippen molar-refractivity contribution in [2.24, 2.45) is 16.2 Å². The normalized spacial score (nSPS) is 21.3. The standard InChI is InChI=1S/C2H6N4/c1-2(3)6-4-5-6/h2H,3H2,1H3. The molecule has 4 heteroatoms. The summed E-state index contributed by atoms with van der Waals surface area (Å²) in [5.41, 5.74) is 5.24. The molecule has 0 fully saturated rings. The Morgan fingerprint density at radius 1 is 1.67 bits per heavy atom. The molecule has 1 unspecified atom stereocenters. The van der Waals surface area contributed by atoms with Gasteiger partial charge in [0.2, 0.25) is 0 Å². The predicted octanol–water partition coefficient (Wildman–Crippen LogP) is -0.111. The minimum atomic E-state index is -0.0370. The third-order valence-electron chi connectivity index (χ3n) is 0.557. The van der Waals surface area contributed by atoms with E-state index in [1.165, 1.54) is 5.12 Å². The Bertz CT molecular complexity index is 69.6. The van der Waals surface area contributed by atoms with Crippen LogP contribution in [0, 0.1) is 0 Å². The van der Waals surface area contributed by atoms with Gasteiger partial charge in [-0.25, -0.2) is 0 Å². The zero-order valence-corrected chi connectivity index (χ0v) is 3.50. The fourth-order valence-electron chi connectivity index (χ4n) is 0.186. The second-order valence-electron chi connectivity index (χ2n) is 1.24. The highest BCUT2D eigenvalue weighted by Gasteiger charge is 2.13. The molecule has 1 aliphatic rings. The van der Waals surface area contributed by atoms with Crippen LogP contribution in [0.4, 0.5) is 0 Å². The van der Waals surface area contributed by atoms with Crippen LogP contribution in [0.3, 0.4) is 0 Å². The largest absolute Gasteiger partial charge is 0.308 e.